The smallest absolute Gasteiger partial charge is 0.0950 e. The highest BCUT2D eigenvalue weighted by Gasteiger charge is 2.39. The lowest BCUT2D eigenvalue weighted by atomic mass is 9.82. The van der Waals surface area contributed by atoms with Gasteiger partial charge >= 0.3 is 0 Å². The SMILES string of the molecule is CC1CCC2(C=N2)CC1. The normalized spacial score (nSPS) is 47.9. The summed E-state index contributed by atoms with van der Waals surface area (Å²) >= 11 is 0. The molecule has 0 aromatic heterocycles. The van der Waals surface area contributed by atoms with Crippen molar-refractivity contribution in [1.29, 1.82) is 0 Å². The minimum atomic E-state index is 0.409. The molecule has 1 heterocycles. The van der Waals surface area contributed by atoms with Gasteiger partial charge in [-0.15, -0.1) is 0 Å². The first kappa shape index (κ1) is 5.45. The molecule has 0 amide bonds. The van der Waals surface area contributed by atoms with Crippen molar-refractivity contribution < 1.29 is 0 Å². The van der Waals surface area contributed by atoms with Crippen LogP contribution in [0.4, 0.5) is 0 Å². The summed E-state index contributed by atoms with van der Waals surface area (Å²) in [5.41, 5.74) is 0.409. The summed E-state index contributed by atoms with van der Waals surface area (Å²) in [6.45, 7) is 2.34. The Morgan fingerprint density at radius 2 is 2.00 bits per heavy atom. The Kier molecular flexibility index (Phi) is 0.961. The zero-order valence-corrected chi connectivity index (χ0v) is 5.93. The minimum absolute atomic E-state index is 0.409. The zero-order chi connectivity index (χ0) is 6.32. The van der Waals surface area contributed by atoms with Gasteiger partial charge in [0, 0.05) is 6.21 Å². The summed E-state index contributed by atoms with van der Waals surface area (Å²) in [6, 6.07) is 0. The van der Waals surface area contributed by atoms with Crippen LogP contribution in [0, 0.1) is 5.92 Å². The largest absolute Gasteiger partial charge is 0.283 e. The highest BCUT2D eigenvalue weighted by molar-refractivity contribution is 5.84. The highest BCUT2D eigenvalue weighted by atomic mass is 15.0. The van der Waals surface area contributed by atoms with Crippen LogP contribution in [-0.4, -0.2) is 11.8 Å². The first-order valence-corrected chi connectivity index (χ1v) is 3.87. The van der Waals surface area contributed by atoms with E-state index in [1.54, 1.807) is 0 Å². The maximum absolute atomic E-state index is 4.30. The molecule has 0 aromatic carbocycles. The molecule has 0 aromatic rings. The Morgan fingerprint density at radius 3 is 2.44 bits per heavy atom. The maximum atomic E-state index is 4.30. The third kappa shape index (κ3) is 0.887. The molecule has 0 bridgehead atoms. The average molecular weight is 123 g/mol. The van der Waals surface area contributed by atoms with Crippen LogP contribution in [0.25, 0.3) is 0 Å². The molecule has 50 valence electrons. The Hall–Kier alpha value is -0.330. The van der Waals surface area contributed by atoms with Crippen molar-refractivity contribution >= 4 is 6.21 Å². The molecule has 9 heavy (non-hydrogen) atoms. The molecule has 0 N–H and O–H groups in total. The lowest BCUT2D eigenvalue weighted by molar-refractivity contribution is 0.339. The molecule has 1 saturated carbocycles. The van der Waals surface area contributed by atoms with Gasteiger partial charge in [0.25, 0.3) is 0 Å². The molecular weight excluding hydrogens is 110 g/mol. The van der Waals surface area contributed by atoms with Crippen LogP contribution in [0.15, 0.2) is 4.99 Å². The summed E-state index contributed by atoms with van der Waals surface area (Å²) in [6.07, 6.45) is 7.57. The maximum Gasteiger partial charge on any atom is 0.0950 e. The summed E-state index contributed by atoms with van der Waals surface area (Å²) in [5.74, 6) is 0.958. The van der Waals surface area contributed by atoms with Crippen molar-refractivity contribution in [3.63, 3.8) is 0 Å². The topological polar surface area (TPSA) is 12.4 Å². The van der Waals surface area contributed by atoms with E-state index in [0.29, 0.717) is 5.54 Å². The van der Waals surface area contributed by atoms with E-state index >= 15 is 0 Å². The van der Waals surface area contributed by atoms with Gasteiger partial charge in [0.05, 0.1) is 5.54 Å². The van der Waals surface area contributed by atoms with Gasteiger partial charge in [-0.3, -0.25) is 4.99 Å². The molecule has 0 radical (unpaired) electrons. The van der Waals surface area contributed by atoms with Crippen molar-refractivity contribution in [3.8, 4) is 0 Å². The van der Waals surface area contributed by atoms with Gasteiger partial charge in [-0.2, -0.15) is 0 Å². The van der Waals surface area contributed by atoms with E-state index in [1.807, 2.05) is 0 Å². The lowest BCUT2D eigenvalue weighted by Crippen LogP contribution is -2.21. The van der Waals surface area contributed by atoms with Gasteiger partial charge in [-0.1, -0.05) is 6.92 Å². The van der Waals surface area contributed by atoms with Crippen molar-refractivity contribution in [2.45, 2.75) is 38.1 Å². The van der Waals surface area contributed by atoms with E-state index in [0.717, 1.165) is 5.92 Å². The first-order valence-electron chi connectivity index (χ1n) is 3.87. The van der Waals surface area contributed by atoms with Crippen LogP contribution in [0.5, 0.6) is 0 Å². The Labute approximate surface area is 56.2 Å². The van der Waals surface area contributed by atoms with Crippen molar-refractivity contribution in [1.82, 2.24) is 0 Å². The lowest BCUT2D eigenvalue weighted by Gasteiger charge is -2.23. The Bertz CT molecular complexity index is 133. The molecule has 2 aliphatic rings. The minimum Gasteiger partial charge on any atom is -0.283 e. The van der Waals surface area contributed by atoms with Gasteiger partial charge in [0.1, 0.15) is 0 Å². The molecule has 1 heteroatoms. The molecule has 0 saturated heterocycles. The molecule has 1 aliphatic heterocycles. The number of hydrogen-bond donors (Lipinski definition) is 0. The van der Waals surface area contributed by atoms with E-state index in [1.165, 1.54) is 25.7 Å². The van der Waals surface area contributed by atoms with Gasteiger partial charge < -0.3 is 0 Å². The van der Waals surface area contributed by atoms with Gasteiger partial charge in [0.2, 0.25) is 0 Å². The fourth-order valence-electron chi connectivity index (χ4n) is 1.61. The van der Waals surface area contributed by atoms with Gasteiger partial charge in [-0.05, 0) is 31.6 Å². The third-order valence-electron chi connectivity index (χ3n) is 2.63. The average Bonchev–Trinajstić information content (AvgIpc) is 2.60. The van der Waals surface area contributed by atoms with Crippen LogP contribution >= 0.6 is 0 Å². The van der Waals surface area contributed by atoms with E-state index < -0.39 is 0 Å². The molecular formula is C8H13N. The Morgan fingerprint density at radius 1 is 1.44 bits per heavy atom. The first-order chi connectivity index (χ1) is 4.31. The third-order valence-corrected chi connectivity index (χ3v) is 2.63. The molecule has 1 aliphatic carbocycles. The molecule has 1 fully saturated rings. The van der Waals surface area contributed by atoms with Crippen LogP contribution in [0.1, 0.15) is 32.6 Å². The van der Waals surface area contributed by atoms with Crippen LogP contribution in [0.3, 0.4) is 0 Å². The van der Waals surface area contributed by atoms with E-state index in [9.17, 15) is 0 Å². The number of nitrogens with zero attached hydrogens (tertiary/aromatic N) is 1. The predicted molar refractivity (Wildman–Crippen MR) is 38.9 cm³/mol. The summed E-state index contributed by atoms with van der Waals surface area (Å²) in [5, 5.41) is 0. The number of hydrogen-bond acceptors (Lipinski definition) is 1. The van der Waals surface area contributed by atoms with Crippen molar-refractivity contribution in [2.24, 2.45) is 10.9 Å². The second-order valence-corrected chi connectivity index (χ2v) is 3.54. The van der Waals surface area contributed by atoms with Crippen molar-refractivity contribution in [2.75, 3.05) is 0 Å². The zero-order valence-electron chi connectivity index (χ0n) is 5.93. The molecule has 0 unspecified atom stereocenters. The van der Waals surface area contributed by atoms with Gasteiger partial charge in [0.15, 0.2) is 0 Å². The predicted octanol–water partition coefficient (Wildman–Crippen LogP) is 2.02. The fourth-order valence-corrected chi connectivity index (χ4v) is 1.61. The summed E-state index contributed by atoms with van der Waals surface area (Å²) in [7, 11) is 0. The summed E-state index contributed by atoms with van der Waals surface area (Å²) in [4.78, 5) is 4.30. The summed E-state index contributed by atoms with van der Waals surface area (Å²) < 4.78 is 0. The van der Waals surface area contributed by atoms with Crippen molar-refractivity contribution in [3.05, 3.63) is 0 Å². The van der Waals surface area contributed by atoms with Gasteiger partial charge in [-0.25, -0.2) is 0 Å². The number of rotatable bonds is 0. The quantitative estimate of drug-likeness (QED) is 0.467. The monoisotopic (exact) mass is 123 g/mol. The number of aliphatic imine (C=N–C) groups is 1. The molecule has 1 nitrogen and oxygen atoms in total. The molecule has 1 spiro atoms. The molecule has 2 rings (SSSR count). The highest BCUT2D eigenvalue weighted by Crippen LogP contribution is 2.39. The second-order valence-electron chi connectivity index (χ2n) is 3.54. The van der Waals surface area contributed by atoms with Crippen LogP contribution in [0.2, 0.25) is 0 Å². The van der Waals surface area contributed by atoms with E-state index in [-0.39, 0.29) is 0 Å². The van der Waals surface area contributed by atoms with Crippen LogP contribution in [-0.2, 0) is 0 Å². The second kappa shape index (κ2) is 1.59. The molecule has 0 atom stereocenters. The standard InChI is InChI=1S/C8H13N/c1-7-2-4-8(5-3-7)6-9-8/h6-7H,2-5H2,1H3. The van der Waals surface area contributed by atoms with Crippen LogP contribution < -0.4 is 0 Å². The van der Waals surface area contributed by atoms with E-state index in [4.69, 9.17) is 0 Å². The van der Waals surface area contributed by atoms with E-state index in [2.05, 4.69) is 18.1 Å². The fraction of sp³-hybridized carbons (Fsp3) is 0.875. The Balaban J connectivity index is 1.92.